The third-order valence-electron chi connectivity index (χ3n) is 6.54. The second-order valence-corrected chi connectivity index (χ2v) is 16.3. The number of carbonyl (C=O) groups is 1. The molecule has 0 spiro atoms. The minimum Gasteiger partial charge on any atom is -0.393 e. The van der Waals surface area contributed by atoms with E-state index in [2.05, 4.69) is 35.0 Å². The van der Waals surface area contributed by atoms with Gasteiger partial charge in [-0.1, -0.05) is 19.6 Å². The maximum absolute atomic E-state index is 13.8. The van der Waals surface area contributed by atoms with Gasteiger partial charge in [0.1, 0.15) is 29.5 Å². The van der Waals surface area contributed by atoms with Crippen molar-refractivity contribution in [1.82, 2.24) is 29.6 Å². The molecule has 0 bridgehead atoms. The van der Waals surface area contributed by atoms with Crippen LogP contribution in [0.1, 0.15) is 23.2 Å². The van der Waals surface area contributed by atoms with Gasteiger partial charge in [-0.3, -0.25) is 9.48 Å². The number of aromatic nitrogens is 5. The van der Waals surface area contributed by atoms with Gasteiger partial charge in [0.05, 0.1) is 23.4 Å². The Morgan fingerprint density at radius 2 is 2.08 bits per heavy atom. The van der Waals surface area contributed by atoms with Crippen LogP contribution in [0.4, 0.5) is 4.39 Å². The van der Waals surface area contributed by atoms with E-state index in [4.69, 9.17) is 9.72 Å². The fourth-order valence-electron chi connectivity index (χ4n) is 4.36. The number of amides is 1. The van der Waals surface area contributed by atoms with Gasteiger partial charge in [0.2, 0.25) is 0 Å². The summed E-state index contributed by atoms with van der Waals surface area (Å²) in [5.74, 6) is -0.609. The molecular weight excluding hydrogens is 479 g/mol. The quantitative estimate of drug-likeness (QED) is 0.277. The van der Waals surface area contributed by atoms with Gasteiger partial charge in [-0.2, -0.15) is 5.10 Å². The molecule has 0 radical (unpaired) electrons. The summed E-state index contributed by atoms with van der Waals surface area (Å²) in [7, 11) is 0.516. The average molecular weight is 511 g/mol. The van der Waals surface area contributed by atoms with E-state index >= 15 is 0 Å². The monoisotopic (exact) mass is 510 g/mol. The second kappa shape index (κ2) is 9.38. The first-order valence-electron chi connectivity index (χ1n) is 12.1. The van der Waals surface area contributed by atoms with E-state index < -0.39 is 8.07 Å². The van der Waals surface area contributed by atoms with E-state index in [-0.39, 0.29) is 30.6 Å². The molecule has 3 aromatic heterocycles. The molecule has 1 amide bonds. The minimum atomic E-state index is -1.23. The Hall–Kier alpha value is -3.15. The molecule has 2 N–H and O–H groups in total. The van der Waals surface area contributed by atoms with Gasteiger partial charge in [-0.05, 0) is 37.1 Å². The number of aliphatic hydroxyl groups excluding tert-OH is 1. The Balaban J connectivity index is 1.51. The first-order chi connectivity index (χ1) is 17.1. The Morgan fingerprint density at radius 1 is 1.31 bits per heavy atom. The Labute approximate surface area is 209 Å². The standard InChI is InChI=1S/C25H31FN6O3Si/c1-31-21-9-15(26)5-6-18(21)22(30-31)20-12-27-24-23(29-20)19(25(34)28-16-10-17(33)11-16)13-32(24)14-35-7-8-36(2,3)4/h5-6,9,12-13,16-17,33H,7-8,10-11,14H2,1-4H3,(H,28,34). The van der Waals surface area contributed by atoms with Crippen LogP contribution < -0.4 is 5.32 Å². The van der Waals surface area contributed by atoms with Crippen LogP contribution in [0.2, 0.25) is 25.7 Å². The molecule has 9 nitrogen and oxygen atoms in total. The summed E-state index contributed by atoms with van der Waals surface area (Å²) in [5, 5.41) is 17.9. The Kier molecular flexibility index (Phi) is 6.39. The predicted octanol–water partition coefficient (Wildman–Crippen LogP) is 3.69. The normalized spacial score (nSPS) is 18.1. The number of aliphatic hydroxyl groups is 1. The number of fused-ring (bicyclic) bond motifs is 2. The average Bonchev–Trinajstić information content (AvgIpc) is 3.32. The van der Waals surface area contributed by atoms with E-state index in [1.807, 2.05) is 0 Å². The number of nitrogens with one attached hydrogen (secondary N) is 1. The molecule has 1 aliphatic rings. The van der Waals surface area contributed by atoms with Crippen molar-refractivity contribution in [2.45, 2.75) is 57.4 Å². The van der Waals surface area contributed by atoms with Crippen molar-refractivity contribution >= 4 is 36.0 Å². The molecule has 4 aromatic rings. The van der Waals surface area contributed by atoms with Crippen LogP contribution in [0.15, 0.2) is 30.6 Å². The van der Waals surface area contributed by atoms with Crippen molar-refractivity contribution in [3.63, 3.8) is 0 Å². The lowest BCUT2D eigenvalue weighted by molar-refractivity contribution is 0.0563. The van der Waals surface area contributed by atoms with Crippen molar-refractivity contribution in [3.05, 3.63) is 42.0 Å². The summed E-state index contributed by atoms with van der Waals surface area (Å²) in [6.45, 7) is 7.78. The van der Waals surface area contributed by atoms with Crippen LogP contribution in [0.5, 0.6) is 0 Å². The Bertz CT molecular complexity index is 1440. The molecule has 36 heavy (non-hydrogen) atoms. The lowest BCUT2D eigenvalue weighted by atomic mass is 9.89. The minimum absolute atomic E-state index is 0.0651. The van der Waals surface area contributed by atoms with Gasteiger partial charge in [0.25, 0.3) is 5.91 Å². The summed E-state index contributed by atoms with van der Waals surface area (Å²) in [6.07, 6.45) is 4.05. The van der Waals surface area contributed by atoms with Crippen LogP contribution in [0.25, 0.3) is 33.5 Å². The molecule has 11 heteroatoms. The molecule has 5 rings (SSSR count). The van der Waals surface area contributed by atoms with Crippen LogP contribution in [0, 0.1) is 5.82 Å². The van der Waals surface area contributed by atoms with Gasteiger partial charge < -0.3 is 19.7 Å². The molecule has 1 aromatic carbocycles. The van der Waals surface area contributed by atoms with Crippen molar-refractivity contribution in [3.8, 4) is 11.4 Å². The molecule has 190 valence electrons. The number of hydrogen-bond donors (Lipinski definition) is 2. The number of nitrogens with zero attached hydrogens (tertiary/aromatic N) is 5. The number of carbonyl (C=O) groups excluding carboxylic acids is 1. The molecule has 1 fully saturated rings. The summed E-state index contributed by atoms with van der Waals surface area (Å²) < 4.78 is 23.1. The highest BCUT2D eigenvalue weighted by molar-refractivity contribution is 6.76. The molecule has 1 aliphatic carbocycles. The molecule has 0 unspecified atom stereocenters. The van der Waals surface area contributed by atoms with E-state index in [9.17, 15) is 14.3 Å². The highest BCUT2D eigenvalue weighted by Crippen LogP contribution is 2.29. The zero-order valence-corrected chi connectivity index (χ0v) is 22.0. The van der Waals surface area contributed by atoms with Gasteiger partial charge in [-0.25, -0.2) is 14.4 Å². The van der Waals surface area contributed by atoms with Crippen molar-refractivity contribution in [2.24, 2.45) is 7.05 Å². The largest absolute Gasteiger partial charge is 0.393 e. The first-order valence-corrected chi connectivity index (χ1v) is 15.8. The number of halogens is 1. The van der Waals surface area contributed by atoms with E-state index in [0.29, 0.717) is 53.1 Å². The van der Waals surface area contributed by atoms with Crippen molar-refractivity contribution in [1.29, 1.82) is 0 Å². The predicted molar refractivity (Wildman–Crippen MR) is 138 cm³/mol. The topological polar surface area (TPSA) is 107 Å². The maximum atomic E-state index is 13.8. The SMILES string of the molecule is Cn1nc(-c2cnc3c(n2)c(C(=O)NC2CC(O)C2)cn3COCC[Si](C)(C)C)c2ccc(F)cc21. The lowest BCUT2D eigenvalue weighted by Gasteiger charge is -2.31. The highest BCUT2D eigenvalue weighted by atomic mass is 28.3. The number of benzene rings is 1. The highest BCUT2D eigenvalue weighted by Gasteiger charge is 2.30. The molecule has 0 saturated heterocycles. The summed E-state index contributed by atoms with van der Waals surface area (Å²) >= 11 is 0. The van der Waals surface area contributed by atoms with Crippen LogP contribution in [-0.4, -0.2) is 62.2 Å². The van der Waals surface area contributed by atoms with Crippen LogP contribution in [-0.2, 0) is 18.5 Å². The lowest BCUT2D eigenvalue weighted by Crippen LogP contribution is -2.46. The number of hydrogen-bond acceptors (Lipinski definition) is 6. The van der Waals surface area contributed by atoms with Crippen molar-refractivity contribution in [2.75, 3.05) is 6.61 Å². The van der Waals surface area contributed by atoms with Gasteiger partial charge in [-0.15, -0.1) is 0 Å². The molecule has 0 atom stereocenters. The van der Waals surface area contributed by atoms with Crippen LogP contribution >= 0.6 is 0 Å². The first kappa shape index (κ1) is 24.5. The summed E-state index contributed by atoms with van der Waals surface area (Å²) in [6, 6.07) is 5.46. The number of rotatable bonds is 8. The van der Waals surface area contributed by atoms with Gasteiger partial charge in [0.15, 0.2) is 5.65 Å². The van der Waals surface area contributed by atoms with Crippen LogP contribution in [0.3, 0.4) is 0 Å². The molecule has 0 aliphatic heterocycles. The van der Waals surface area contributed by atoms with E-state index in [0.717, 1.165) is 11.4 Å². The number of ether oxygens (including phenoxy) is 1. The summed E-state index contributed by atoms with van der Waals surface area (Å²) in [4.78, 5) is 22.6. The fraction of sp³-hybridized carbons (Fsp3) is 0.440. The fourth-order valence-corrected chi connectivity index (χ4v) is 5.12. The second-order valence-electron chi connectivity index (χ2n) is 10.7. The zero-order valence-electron chi connectivity index (χ0n) is 21.0. The van der Waals surface area contributed by atoms with E-state index in [1.54, 1.807) is 34.8 Å². The molecular formula is C25H31FN6O3Si. The smallest absolute Gasteiger partial charge is 0.255 e. The Morgan fingerprint density at radius 3 is 2.81 bits per heavy atom. The van der Waals surface area contributed by atoms with Gasteiger partial charge >= 0.3 is 0 Å². The molecule has 3 heterocycles. The number of aryl methyl sites for hydroxylation is 1. The zero-order chi connectivity index (χ0) is 25.6. The molecule has 1 saturated carbocycles. The third-order valence-corrected chi connectivity index (χ3v) is 8.25. The maximum Gasteiger partial charge on any atom is 0.255 e. The summed E-state index contributed by atoms with van der Waals surface area (Å²) in [5.41, 5.74) is 3.07. The van der Waals surface area contributed by atoms with Gasteiger partial charge in [0, 0.05) is 39.4 Å². The third kappa shape index (κ3) is 4.91. The van der Waals surface area contributed by atoms with Crippen molar-refractivity contribution < 1.29 is 19.0 Å². The van der Waals surface area contributed by atoms with E-state index in [1.165, 1.54) is 12.1 Å².